The first-order valence-electron chi connectivity index (χ1n) is 5.53. The molecule has 3 rings (SSSR count). The maximum absolute atomic E-state index is 13.6. The molecular weight excluding hydrogens is 231 g/mol. The van der Waals surface area contributed by atoms with Gasteiger partial charge in [-0.3, -0.25) is 4.79 Å². The maximum atomic E-state index is 13.6. The van der Waals surface area contributed by atoms with E-state index in [1.165, 1.54) is 18.2 Å². The second-order valence-electron chi connectivity index (χ2n) is 3.96. The third-order valence-electron chi connectivity index (χ3n) is 2.76. The average molecular weight is 240 g/mol. The van der Waals surface area contributed by atoms with E-state index in [-0.39, 0.29) is 16.4 Å². The van der Waals surface area contributed by atoms with Gasteiger partial charge in [-0.05, 0) is 12.1 Å². The van der Waals surface area contributed by atoms with Gasteiger partial charge < -0.3 is 4.42 Å². The van der Waals surface area contributed by atoms with E-state index in [4.69, 9.17) is 4.42 Å². The Balaban J connectivity index is 2.34. The fourth-order valence-electron chi connectivity index (χ4n) is 1.89. The van der Waals surface area contributed by atoms with Gasteiger partial charge in [0.2, 0.25) is 0 Å². The van der Waals surface area contributed by atoms with Crippen molar-refractivity contribution in [2.24, 2.45) is 0 Å². The highest BCUT2D eigenvalue weighted by molar-refractivity contribution is 5.79. The van der Waals surface area contributed by atoms with Crippen molar-refractivity contribution in [3.63, 3.8) is 0 Å². The molecule has 2 nitrogen and oxygen atoms in total. The number of benzene rings is 2. The lowest BCUT2D eigenvalue weighted by atomic mass is 10.1. The standard InChI is InChI=1S/C15H9FO2/c16-12-8-4-7-11-13(17)9-14(18-15(11)12)10-5-2-1-3-6-10/h1-9H. The van der Waals surface area contributed by atoms with Crippen molar-refractivity contribution in [3.8, 4) is 11.3 Å². The van der Waals surface area contributed by atoms with Crippen LogP contribution in [0, 0.1) is 5.82 Å². The van der Waals surface area contributed by atoms with Crippen LogP contribution in [0.25, 0.3) is 22.3 Å². The second-order valence-corrected chi connectivity index (χ2v) is 3.96. The highest BCUT2D eigenvalue weighted by Crippen LogP contribution is 2.23. The minimum absolute atomic E-state index is 0.00357. The third kappa shape index (κ3) is 1.70. The average Bonchev–Trinajstić information content (AvgIpc) is 2.41. The summed E-state index contributed by atoms with van der Waals surface area (Å²) in [6, 6.07) is 14.9. The summed E-state index contributed by atoms with van der Waals surface area (Å²) in [4.78, 5) is 11.9. The van der Waals surface area contributed by atoms with Crippen LogP contribution >= 0.6 is 0 Å². The van der Waals surface area contributed by atoms with Gasteiger partial charge in [0.25, 0.3) is 0 Å². The molecule has 0 saturated heterocycles. The van der Waals surface area contributed by atoms with E-state index in [9.17, 15) is 9.18 Å². The van der Waals surface area contributed by atoms with Crippen LogP contribution in [0.4, 0.5) is 4.39 Å². The Morgan fingerprint density at radius 3 is 2.50 bits per heavy atom. The fraction of sp³-hybridized carbons (Fsp3) is 0. The Morgan fingerprint density at radius 1 is 0.944 bits per heavy atom. The third-order valence-corrected chi connectivity index (χ3v) is 2.76. The van der Waals surface area contributed by atoms with Gasteiger partial charge in [-0.25, -0.2) is 4.39 Å². The van der Waals surface area contributed by atoms with Gasteiger partial charge in [-0.15, -0.1) is 0 Å². The van der Waals surface area contributed by atoms with Crippen LogP contribution in [-0.2, 0) is 0 Å². The normalized spacial score (nSPS) is 10.7. The molecule has 0 amide bonds. The first-order chi connectivity index (χ1) is 8.75. The molecule has 0 unspecified atom stereocenters. The molecule has 2 aromatic carbocycles. The number of hydrogen-bond acceptors (Lipinski definition) is 2. The fourth-order valence-corrected chi connectivity index (χ4v) is 1.89. The molecule has 88 valence electrons. The molecule has 0 radical (unpaired) electrons. The van der Waals surface area contributed by atoms with E-state index in [2.05, 4.69) is 0 Å². The lowest BCUT2D eigenvalue weighted by molar-refractivity contribution is 0.560. The van der Waals surface area contributed by atoms with Crippen molar-refractivity contribution >= 4 is 11.0 Å². The van der Waals surface area contributed by atoms with Crippen LogP contribution in [0.5, 0.6) is 0 Å². The highest BCUT2D eigenvalue weighted by atomic mass is 19.1. The van der Waals surface area contributed by atoms with Crippen molar-refractivity contribution in [3.05, 3.63) is 70.6 Å². The quantitative estimate of drug-likeness (QED) is 0.650. The summed E-state index contributed by atoms with van der Waals surface area (Å²) in [5, 5.41) is 0.259. The maximum Gasteiger partial charge on any atom is 0.193 e. The molecule has 0 spiro atoms. The van der Waals surface area contributed by atoms with Gasteiger partial charge in [0, 0.05) is 11.6 Å². The summed E-state index contributed by atoms with van der Waals surface area (Å²) in [5.74, 6) is -0.152. The summed E-state index contributed by atoms with van der Waals surface area (Å²) in [7, 11) is 0. The van der Waals surface area contributed by atoms with Crippen LogP contribution in [0.2, 0.25) is 0 Å². The van der Waals surface area contributed by atoms with Crippen molar-refractivity contribution in [1.29, 1.82) is 0 Å². The Kier molecular flexibility index (Phi) is 2.45. The number of hydrogen-bond donors (Lipinski definition) is 0. The number of rotatable bonds is 1. The molecule has 18 heavy (non-hydrogen) atoms. The van der Waals surface area contributed by atoms with Gasteiger partial charge in [0.15, 0.2) is 16.8 Å². The topological polar surface area (TPSA) is 30.2 Å². The van der Waals surface area contributed by atoms with Crippen molar-refractivity contribution < 1.29 is 8.81 Å². The zero-order chi connectivity index (χ0) is 12.5. The first-order valence-corrected chi connectivity index (χ1v) is 5.53. The highest BCUT2D eigenvalue weighted by Gasteiger charge is 2.09. The zero-order valence-corrected chi connectivity index (χ0v) is 9.39. The lowest BCUT2D eigenvalue weighted by Crippen LogP contribution is -2.01. The van der Waals surface area contributed by atoms with E-state index >= 15 is 0 Å². The van der Waals surface area contributed by atoms with Crippen molar-refractivity contribution in [2.45, 2.75) is 0 Å². The van der Waals surface area contributed by atoms with Gasteiger partial charge in [-0.1, -0.05) is 36.4 Å². The van der Waals surface area contributed by atoms with Gasteiger partial charge in [0.05, 0.1) is 5.39 Å². The SMILES string of the molecule is O=c1cc(-c2ccccc2)oc2c(F)cccc12. The molecule has 1 aromatic heterocycles. The Morgan fingerprint density at radius 2 is 1.72 bits per heavy atom. The molecule has 1 heterocycles. The molecule has 0 bridgehead atoms. The zero-order valence-electron chi connectivity index (χ0n) is 9.39. The molecule has 0 atom stereocenters. The Bertz CT molecular complexity index is 760. The van der Waals surface area contributed by atoms with E-state index in [0.717, 1.165) is 5.56 Å². The molecule has 0 aliphatic rings. The molecule has 3 heteroatoms. The van der Waals surface area contributed by atoms with E-state index < -0.39 is 5.82 Å². The smallest absolute Gasteiger partial charge is 0.193 e. The predicted octanol–water partition coefficient (Wildman–Crippen LogP) is 3.60. The Hall–Kier alpha value is -2.42. The molecular formula is C15H9FO2. The van der Waals surface area contributed by atoms with E-state index in [0.29, 0.717) is 5.76 Å². The molecule has 0 saturated carbocycles. The van der Waals surface area contributed by atoms with Crippen molar-refractivity contribution in [2.75, 3.05) is 0 Å². The Labute approximate surface area is 102 Å². The summed E-state index contributed by atoms with van der Waals surface area (Å²) >= 11 is 0. The van der Waals surface area contributed by atoms with Crippen LogP contribution < -0.4 is 5.43 Å². The van der Waals surface area contributed by atoms with Crippen LogP contribution in [0.1, 0.15) is 0 Å². The second kappa shape index (κ2) is 4.11. The molecule has 0 N–H and O–H groups in total. The van der Waals surface area contributed by atoms with Gasteiger partial charge in [-0.2, -0.15) is 0 Å². The summed E-state index contributed by atoms with van der Waals surface area (Å²) in [6.07, 6.45) is 0. The van der Waals surface area contributed by atoms with Crippen LogP contribution in [0.15, 0.2) is 63.8 Å². The molecule has 0 aliphatic carbocycles. The number of fused-ring (bicyclic) bond motifs is 1. The minimum atomic E-state index is -0.526. The predicted molar refractivity (Wildman–Crippen MR) is 67.9 cm³/mol. The first kappa shape index (κ1) is 10.7. The largest absolute Gasteiger partial charge is 0.453 e. The lowest BCUT2D eigenvalue weighted by Gasteiger charge is -2.03. The summed E-state index contributed by atoms with van der Waals surface area (Å²) in [6.45, 7) is 0. The number of halogens is 1. The van der Waals surface area contributed by atoms with E-state index in [1.54, 1.807) is 6.07 Å². The minimum Gasteiger partial charge on any atom is -0.453 e. The summed E-state index contributed by atoms with van der Waals surface area (Å²) in [5.41, 5.74) is 0.512. The van der Waals surface area contributed by atoms with Crippen molar-refractivity contribution in [1.82, 2.24) is 0 Å². The molecule has 0 fully saturated rings. The summed E-state index contributed by atoms with van der Waals surface area (Å²) < 4.78 is 19.1. The van der Waals surface area contributed by atoms with Crippen LogP contribution in [0.3, 0.4) is 0 Å². The van der Waals surface area contributed by atoms with Crippen LogP contribution in [-0.4, -0.2) is 0 Å². The monoisotopic (exact) mass is 240 g/mol. The van der Waals surface area contributed by atoms with Gasteiger partial charge >= 0.3 is 0 Å². The number of para-hydroxylation sites is 1. The molecule has 3 aromatic rings. The van der Waals surface area contributed by atoms with E-state index in [1.807, 2.05) is 30.3 Å². The van der Waals surface area contributed by atoms with Gasteiger partial charge in [0.1, 0.15) is 5.76 Å². The molecule has 0 aliphatic heterocycles.